The van der Waals surface area contributed by atoms with Crippen molar-refractivity contribution in [3.8, 4) is 0 Å². The molecule has 0 spiro atoms. The summed E-state index contributed by atoms with van der Waals surface area (Å²) >= 11 is 0. The predicted molar refractivity (Wildman–Crippen MR) is 71.9 cm³/mol. The minimum absolute atomic E-state index is 0.0250. The molecule has 1 amide bonds. The van der Waals surface area contributed by atoms with E-state index in [2.05, 4.69) is 5.32 Å². The zero-order chi connectivity index (χ0) is 15.9. The number of alkyl carbamates (subject to hydrolysis) is 1. The SMILES string of the molecule is CC(C)(C)NC(=O)O[C@@H]1CCN(CC2(C(F)(F)F)CC2)C1. The smallest absolute Gasteiger partial charge is 0.407 e. The van der Waals surface area contributed by atoms with Gasteiger partial charge < -0.3 is 10.1 Å². The second kappa shape index (κ2) is 5.34. The van der Waals surface area contributed by atoms with Gasteiger partial charge in [0.15, 0.2) is 0 Å². The summed E-state index contributed by atoms with van der Waals surface area (Å²) in [5.41, 5.74) is -1.90. The molecule has 2 aliphatic rings. The van der Waals surface area contributed by atoms with Gasteiger partial charge in [-0.2, -0.15) is 13.2 Å². The molecule has 0 aromatic heterocycles. The summed E-state index contributed by atoms with van der Waals surface area (Å²) in [6.45, 7) is 6.48. The van der Waals surface area contributed by atoms with Crippen molar-refractivity contribution in [2.75, 3.05) is 19.6 Å². The molecule has 21 heavy (non-hydrogen) atoms. The highest BCUT2D eigenvalue weighted by Gasteiger charge is 2.63. The monoisotopic (exact) mass is 308 g/mol. The molecule has 0 bridgehead atoms. The van der Waals surface area contributed by atoms with Crippen LogP contribution in [0.15, 0.2) is 0 Å². The highest BCUT2D eigenvalue weighted by atomic mass is 19.4. The first-order chi connectivity index (χ1) is 9.51. The second-order valence-corrected chi connectivity index (χ2v) is 7.20. The summed E-state index contributed by atoms with van der Waals surface area (Å²) in [5, 5.41) is 2.69. The lowest BCUT2D eigenvalue weighted by Crippen LogP contribution is -2.43. The number of hydrogen-bond donors (Lipinski definition) is 1. The fourth-order valence-corrected chi connectivity index (χ4v) is 2.63. The molecule has 2 fully saturated rings. The van der Waals surface area contributed by atoms with Gasteiger partial charge in [0.2, 0.25) is 0 Å². The Hall–Kier alpha value is -0.980. The number of likely N-dealkylation sites (tertiary alicyclic amines) is 1. The van der Waals surface area contributed by atoms with E-state index in [0.29, 0.717) is 19.5 Å². The normalized spacial score (nSPS) is 25.7. The van der Waals surface area contributed by atoms with Crippen LogP contribution in [0.2, 0.25) is 0 Å². The van der Waals surface area contributed by atoms with Gasteiger partial charge in [-0.3, -0.25) is 4.90 Å². The number of amides is 1. The maximum atomic E-state index is 12.9. The maximum Gasteiger partial charge on any atom is 0.407 e. The van der Waals surface area contributed by atoms with Gasteiger partial charge in [-0.05, 0) is 40.0 Å². The van der Waals surface area contributed by atoms with Crippen LogP contribution in [0.5, 0.6) is 0 Å². The van der Waals surface area contributed by atoms with Gasteiger partial charge in [0.1, 0.15) is 6.10 Å². The van der Waals surface area contributed by atoms with E-state index in [1.165, 1.54) is 0 Å². The van der Waals surface area contributed by atoms with Crippen LogP contribution in [0.1, 0.15) is 40.0 Å². The Morgan fingerprint density at radius 2 is 1.95 bits per heavy atom. The predicted octanol–water partition coefficient (Wildman–Crippen LogP) is 2.93. The van der Waals surface area contributed by atoms with Crippen molar-refractivity contribution >= 4 is 6.09 Å². The third kappa shape index (κ3) is 4.25. The third-order valence-electron chi connectivity index (χ3n) is 3.96. The standard InChI is InChI=1S/C14H23F3N2O2/c1-12(2,3)18-11(20)21-10-4-7-19(8-10)9-13(5-6-13)14(15,16)17/h10H,4-9H2,1-3H3,(H,18,20)/t10-/m1/s1. The molecule has 1 saturated carbocycles. The molecule has 7 heteroatoms. The number of ether oxygens (including phenoxy) is 1. The molecule has 1 heterocycles. The van der Waals surface area contributed by atoms with Crippen LogP contribution in [0.25, 0.3) is 0 Å². The molecule has 0 aromatic carbocycles. The Morgan fingerprint density at radius 1 is 1.33 bits per heavy atom. The number of nitrogens with one attached hydrogen (secondary N) is 1. The number of carbonyl (C=O) groups is 1. The minimum Gasteiger partial charge on any atom is -0.445 e. The quantitative estimate of drug-likeness (QED) is 0.871. The first-order valence-electron chi connectivity index (χ1n) is 7.29. The zero-order valence-corrected chi connectivity index (χ0v) is 12.7. The van der Waals surface area contributed by atoms with Crippen LogP contribution in [-0.2, 0) is 4.74 Å². The van der Waals surface area contributed by atoms with E-state index in [1.807, 2.05) is 20.8 Å². The van der Waals surface area contributed by atoms with Crippen molar-refractivity contribution in [3.63, 3.8) is 0 Å². The van der Waals surface area contributed by atoms with Crippen molar-refractivity contribution in [1.29, 1.82) is 0 Å². The van der Waals surface area contributed by atoms with E-state index in [4.69, 9.17) is 4.74 Å². The first kappa shape index (κ1) is 16.4. The largest absolute Gasteiger partial charge is 0.445 e. The van der Waals surface area contributed by atoms with Gasteiger partial charge in [-0.1, -0.05) is 0 Å². The van der Waals surface area contributed by atoms with Crippen LogP contribution in [0, 0.1) is 5.41 Å². The molecule has 1 atom stereocenters. The highest BCUT2D eigenvalue weighted by Crippen LogP contribution is 2.58. The molecule has 1 N–H and O–H groups in total. The zero-order valence-electron chi connectivity index (χ0n) is 12.7. The van der Waals surface area contributed by atoms with E-state index in [0.717, 1.165) is 0 Å². The van der Waals surface area contributed by atoms with Crippen molar-refractivity contribution in [1.82, 2.24) is 10.2 Å². The molecule has 122 valence electrons. The van der Waals surface area contributed by atoms with Crippen molar-refractivity contribution in [3.05, 3.63) is 0 Å². The van der Waals surface area contributed by atoms with Crippen molar-refractivity contribution < 1.29 is 22.7 Å². The lowest BCUT2D eigenvalue weighted by atomic mass is 10.1. The number of carbonyl (C=O) groups excluding carboxylic acids is 1. The molecule has 1 aliphatic carbocycles. The Labute approximate surface area is 123 Å². The molecule has 0 aromatic rings. The molecule has 1 saturated heterocycles. The molecule has 0 unspecified atom stereocenters. The number of rotatable bonds is 3. The molecule has 4 nitrogen and oxygen atoms in total. The number of hydrogen-bond acceptors (Lipinski definition) is 3. The Balaban J connectivity index is 1.78. The van der Waals surface area contributed by atoms with Gasteiger partial charge in [-0.15, -0.1) is 0 Å². The summed E-state index contributed by atoms with van der Waals surface area (Å²) in [7, 11) is 0. The molecule has 2 rings (SSSR count). The minimum atomic E-state index is -4.13. The van der Waals surface area contributed by atoms with Crippen LogP contribution >= 0.6 is 0 Å². The van der Waals surface area contributed by atoms with Gasteiger partial charge in [0, 0.05) is 25.2 Å². The van der Waals surface area contributed by atoms with Crippen LogP contribution in [0.3, 0.4) is 0 Å². The summed E-state index contributed by atoms with van der Waals surface area (Å²) in [5.74, 6) is 0. The Morgan fingerprint density at radius 3 is 2.43 bits per heavy atom. The molecule has 0 radical (unpaired) electrons. The van der Waals surface area contributed by atoms with Gasteiger partial charge >= 0.3 is 12.3 Å². The number of nitrogens with zero attached hydrogens (tertiary/aromatic N) is 1. The van der Waals surface area contributed by atoms with Gasteiger partial charge in [-0.25, -0.2) is 4.79 Å². The van der Waals surface area contributed by atoms with E-state index in [9.17, 15) is 18.0 Å². The van der Waals surface area contributed by atoms with Gasteiger partial charge in [0.05, 0.1) is 5.41 Å². The average Bonchev–Trinajstić information content (AvgIpc) is 2.92. The number of alkyl halides is 3. The molecular formula is C14H23F3N2O2. The Kier molecular flexibility index (Phi) is 4.17. The van der Waals surface area contributed by atoms with E-state index in [-0.39, 0.29) is 31.0 Å². The lowest BCUT2D eigenvalue weighted by Gasteiger charge is -2.25. The van der Waals surface area contributed by atoms with Crippen molar-refractivity contribution in [2.45, 2.75) is 57.9 Å². The number of halogens is 3. The highest BCUT2D eigenvalue weighted by molar-refractivity contribution is 5.68. The van der Waals surface area contributed by atoms with E-state index in [1.54, 1.807) is 4.90 Å². The topological polar surface area (TPSA) is 41.6 Å². The fourth-order valence-electron chi connectivity index (χ4n) is 2.63. The first-order valence-corrected chi connectivity index (χ1v) is 7.29. The summed E-state index contributed by atoms with van der Waals surface area (Å²) in [6, 6.07) is 0. The Bertz CT molecular complexity index is 400. The fraction of sp³-hybridized carbons (Fsp3) is 0.929. The third-order valence-corrected chi connectivity index (χ3v) is 3.96. The second-order valence-electron chi connectivity index (χ2n) is 7.20. The molecule has 1 aliphatic heterocycles. The summed E-state index contributed by atoms with van der Waals surface area (Å²) in [4.78, 5) is 13.4. The summed E-state index contributed by atoms with van der Waals surface area (Å²) in [6.07, 6.45) is -3.95. The van der Waals surface area contributed by atoms with E-state index >= 15 is 0 Å². The van der Waals surface area contributed by atoms with Crippen LogP contribution in [-0.4, -0.2) is 48.4 Å². The lowest BCUT2D eigenvalue weighted by molar-refractivity contribution is -0.191. The summed E-state index contributed by atoms with van der Waals surface area (Å²) < 4.78 is 44.0. The maximum absolute atomic E-state index is 12.9. The van der Waals surface area contributed by atoms with Gasteiger partial charge in [0.25, 0.3) is 0 Å². The van der Waals surface area contributed by atoms with Crippen LogP contribution < -0.4 is 5.32 Å². The average molecular weight is 308 g/mol. The van der Waals surface area contributed by atoms with E-state index < -0.39 is 17.7 Å². The van der Waals surface area contributed by atoms with Crippen molar-refractivity contribution in [2.24, 2.45) is 5.41 Å². The van der Waals surface area contributed by atoms with Crippen LogP contribution in [0.4, 0.5) is 18.0 Å². The molecular weight excluding hydrogens is 285 g/mol.